The first-order valence-electron chi connectivity index (χ1n) is 12.1. The summed E-state index contributed by atoms with van der Waals surface area (Å²) in [7, 11) is 1.56. The van der Waals surface area contributed by atoms with Crippen LogP contribution in [0.5, 0.6) is 11.5 Å². The minimum absolute atomic E-state index is 0.0243. The summed E-state index contributed by atoms with van der Waals surface area (Å²) in [4.78, 5) is 52.2. The first-order chi connectivity index (χ1) is 17.7. The van der Waals surface area contributed by atoms with Gasteiger partial charge in [0.05, 0.1) is 31.6 Å². The number of phenolic OH excluding ortho intramolecular Hbond substituents is 1. The van der Waals surface area contributed by atoms with Gasteiger partial charge < -0.3 is 24.8 Å². The standard InChI is InChI=1S/C27H32N2O7S/c1-4-36-27(34)22-14-13-21(20-7-5-6-8-23(20)31)29(22)25(32)16-28-26(33)24(37-17(2)30)15-18-9-11-19(35-3)12-10-18/h5-12,21-22,24,31H,4,13-16H2,1-3H3,(H,28,33)/t21-,22+,24+/m1/s1. The Labute approximate surface area is 220 Å². The van der Waals surface area contributed by atoms with E-state index in [1.54, 1.807) is 44.4 Å². The second-order valence-corrected chi connectivity index (χ2v) is 9.97. The number of rotatable bonds is 10. The number of esters is 1. The molecule has 0 saturated carbocycles. The molecule has 0 aliphatic carbocycles. The highest BCUT2D eigenvalue weighted by Crippen LogP contribution is 2.40. The van der Waals surface area contributed by atoms with Crippen molar-refractivity contribution < 1.29 is 33.8 Å². The normalized spacial score (nSPS) is 17.6. The monoisotopic (exact) mass is 528 g/mol. The molecule has 37 heavy (non-hydrogen) atoms. The third-order valence-electron chi connectivity index (χ3n) is 6.12. The van der Waals surface area contributed by atoms with Crippen molar-refractivity contribution in [3.8, 4) is 11.5 Å². The van der Waals surface area contributed by atoms with Gasteiger partial charge in [0, 0.05) is 12.5 Å². The van der Waals surface area contributed by atoms with E-state index in [9.17, 15) is 24.3 Å². The van der Waals surface area contributed by atoms with E-state index in [2.05, 4.69) is 5.32 Å². The summed E-state index contributed by atoms with van der Waals surface area (Å²) in [6.45, 7) is 2.88. The number of likely N-dealkylation sites (tertiary alicyclic amines) is 1. The summed E-state index contributed by atoms with van der Waals surface area (Å²) in [6.07, 6.45) is 1.11. The molecule has 2 amide bonds. The highest BCUT2D eigenvalue weighted by molar-refractivity contribution is 8.14. The first kappa shape index (κ1) is 28.0. The molecule has 2 N–H and O–H groups in total. The van der Waals surface area contributed by atoms with Crippen LogP contribution in [0.3, 0.4) is 0 Å². The number of nitrogens with zero attached hydrogens (tertiary/aromatic N) is 1. The van der Waals surface area contributed by atoms with Crippen molar-refractivity contribution in [3.05, 3.63) is 59.7 Å². The highest BCUT2D eigenvalue weighted by Gasteiger charge is 2.43. The van der Waals surface area contributed by atoms with Gasteiger partial charge in [-0.15, -0.1) is 0 Å². The van der Waals surface area contributed by atoms with Gasteiger partial charge in [0.1, 0.15) is 17.5 Å². The molecule has 3 atom stereocenters. The van der Waals surface area contributed by atoms with Gasteiger partial charge in [-0.2, -0.15) is 0 Å². The molecule has 198 valence electrons. The van der Waals surface area contributed by atoms with E-state index in [0.717, 1.165) is 17.3 Å². The van der Waals surface area contributed by atoms with Crippen molar-refractivity contribution in [1.29, 1.82) is 0 Å². The van der Waals surface area contributed by atoms with Gasteiger partial charge >= 0.3 is 5.97 Å². The summed E-state index contributed by atoms with van der Waals surface area (Å²) in [5.74, 6) is -0.764. The van der Waals surface area contributed by atoms with Crippen molar-refractivity contribution in [1.82, 2.24) is 10.2 Å². The number of carbonyl (C=O) groups excluding carboxylic acids is 4. The smallest absolute Gasteiger partial charge is 0.328 e. The molecular formula is C27H32N2O7S. The molecule has 0 radical (unpaired) electrons. The summed E-state index contributed by atoms with van der Waals surface area (Å²) >= 11 is 0.894. The molecule has 10 heteroatoms. The zero-order valence-corrected chi connectivity index (χ0v) is 22.0. The predicted molar refractivity (Wildman–Crippen MR) is 139 cm³/mol. The van der Waals surface area contributed by atoms with E-state index in [4.69, 9.17) is 9.47 Å². The molecule has 1 fully saturated rings. The van der Waals surface area contributed by atoms with Crippen molar-refractivity contribution in [2.45, 2.75) is 50.4 Å². The fraction of sp³-hybridized carbons (Fsp3) is 0.407. The Morgan fingerprint density at radius 3 is 2.43 bits per heavy atom. The van der Waals surface area contributed by atoms with Crippen LogP contribution in [0.15, 0.2) is 48.5 Å². The van der Waals surface area contributed by atoms with Crippen molar-refractivity contribution >= 4 is 34.7 Å². The number of benzene rings is 2. The van der Waals surface area contributed by atoms with Crippen LogP contribution >= 0.6 is 11.8 Å². The minimum atomic E-state index is -0.823. The number of carbonyl (C=O) groups is 4. The fourth-order valence-electron chi connectivity index (χ4n) is 4.44. The molecule has 2 aromatic rings. The summed E-state index contributed by atoms with van der Waals surface area (Å²) in [6, 6.07) is 12.5. The largest absolute Gasteiger partial charge is 0.508 e. The molecule has 2 aromatic carbocycles. The lowest BCUT2D eigenvalue weighted by Crippen LogP contribution is -2.48. The number of hydrogen-bond acceptors (Lipinski definition) is 8. The maximum absolute atomic E-state index is 13.4. The lowest BCUT2D eigenvalue weighted by molar-refractivity contribution is -0.154. The molecule has 1 heterocycles. The molecule has 1 aliphatic heterocycles. The molecule has 1 saturated heterocycles. The third kappa shape index (κ3) is 7.25. The molecule has 0 aromatic heterocycles. The molecule has 3 rings (SSSR count). The van der Waals surface area contributed by atoms with Gasteiger partial charge in [-0.3, -0.25) is 14.4 Å². The van der Waals surface area contributed by atoms with Crippen molar-refractivity contribution in [2.75, 3.05) is 20.3 Å². The maximum atomic E-state index is 13.4. The van der Waals surface area contributed by atoms with E-state index < -0.39 is 35.1 Å². The summed E-state index contributed by atoms with van der Waals surface area (Å²) in [5, 5.41) is 12.1. The van der Waals surface area contributed by atoms with E-state index >= 15 is 0 Å². The summed E-state index contributed by atoms with van der Waals surface area (Å²) in [5.41, 5.74) is 1.36. The lowest BCUT2D eigenvalue weighted by Gasteiger charge is -2.30. The number of aromatic hydroxyl groups is 1. The fourth-order valence-corrected chi connectivity index (χ4v) is 5.30. The second-order valence-electron chi connectivity index (χ2n) is 8.59. The van der Waals surface area contributed by atoms with Crippen LogP contribution in [0.1, 0.15) is 43.9 Å². The number of ether oxygens (including phenoxy) is 2. The number of nitrogens with one attached hydrogen (secondary N) is 1. The van der Waals surface area contributed by atoms with Crippen LogP contribution in [0.2, 0.25) is 0 Å². The maximum Gasteiger partial charge on any atom is 0.328 e. The quantitative estimate of drug-likeness (QED) is 0.452. The van der Waals surface area contributed by atoms with Gasteiger partial charge in [-0.05, 0) is 49.9 Å². The average Bonchev–Trinajstić information content (AvgIpc) is 3.32. The van der Waals surface area contributed by atoms with Crippen LogP contribution < -0.4 is 10.1 Å². The third-order valence-corrected chi connectivity index (χ3v) is 7.12. The predicted octanol–water partition coefficient (Wildman–Crippen LogP) is 3.00. The van der Waals surface area contributed by atoms with Crippen LogP contribution in [-0.4, -0.2) is 64.5 Å². The molecule has 0 unspecified atom stereocenters. The Hall–Kier alpha value is -3.53. The van der Waals surface area contributed by atoms with E-state index in [-0.39, 0.29) is 30.4 Å². The van der Waals surface area contributed by atoms with E-state index in [1.165, 1.54) is 17.9 Å². The van der Waals surface area contributed by atoms with Crippen LogP contribution in [0.4, 0.5) is 0 Å². The minimum Gasteiger partial charge on any atom is -0.508 e. The second kappa shape index (κ2) is 13.1. The van der Waals surface area contributed by atoms with E-state index in [1.807, 2.05) is 12.1 Å². The Kier molecular flexibility index (Phi) is 9.96. The van der Waals surface area contributed by atoms with Gasteiger partial charge in [0.2, 0.25) is 11.8 Å². The van der Waals surface area contributed by atoms with Crippen LogP contribution in [-0.2, 0) is 30.3 Å². The van der Waals surface area contributed by atoms with Crippen molar-refractivity contribution in [2.24, 2.45) is 0 Å². The number of amides is 2. The molecule has 0 spiro atoms. The Balaban J connectivity index is 1.75. The molecule has 0 bridgehead atoms. The summed E-state index contributed by atoms with van der Waals surface area (Å²) < 4.78 is 10.3. The number of methoxy groups -OCH3 is 1. The van der Waals surface area contributed by atoms with Crippen LogP contribution in [0.25, 0.3) is 0 Å². The number of hydrogen-bond donors (Lipinski definition) is 2. The lowest BCUT2D eigenvalue weighted by atomic mass is 10.0. The Bertz CT molecular complexity index is 1120. The number of para-hydroxylation sites is 1. The Morgan fingerprint density at radius 2 is 1.81 bits per heavy atom. The molecular weight excluding hydrogens is 496 g/mol. The zero-order valence-electron chi connectivity index (χ0n) is 21.1. The molecule has 9 nitrogen and oxygen atoms in total. The topological polar surface area (TPSA) is 122 Å². The average molecular weight is 529 g/mol. The highest BCUT2D eigenvalue weighted by atomic mass is 32.2. The zero-order chi connectivity index (χ0) is 26.9. The van der Waals surface area contributed by atoms with Gasteiger partial charge in [0.15, 0.2) is 5.12 Å². The first-order valence-corrected chi connectivity index (χ1v) is 13.0. The number of thioether (sulfide) groups is 1. The number of phenols is 1. The van der Waals surface area contributed by atoms with E-state index in [0.29, 0.717) is 24.2 Å². The van der Waals surface area contributed by atoms with Gasteiger partial charge in [-0.25, -0.2) is 4.79 Å². The van der Waals surface area contributed by atoms with Crippen LogP contribution in [0, 0.1) is 0 Å². The van der Waals surface area contributed by atoms with Gasteiger partial charge in [-0.1, -0.05) is 42.1 Å². The Morgan fingerprint density at radius 1 is 1.11 bits per heavy atom. The SMILES string of the molecule is CCOC(=O)[C@@H]1CC[C@H](c2ccccc2O)N1C(=O)CNC(=O)[C@H](Cc1ccc(OC)cc1)SC(C)=O. The van der Waals surface area contributed by atoms with Crippen molar-refractivity contribution in [3.63, 3.8) is 0 Å². The molecule has 1 aliphatic rings. The van der Waals surface area contributed by atoms with Gasteiger partial charge in [0.25, 0.3) is 0 Å².